The zero-order chi connectivity index (χ0) is 18.3. The number of hydrogen-bond donors (Lipinski definition) is 1. The van der Waals surface area contributed by atoms with Gasteiger partial charge in [-0.1, -0.05) is 19.4 Å². The first-order chi connectivity index (χ1) is 12.3. The summed E-state index contributed by atoms with van der Waals surface area (Å²) in [7, 11) is 0. The molecule has 7 atom stereocenters. The Bertz CT molecular complexity index is 714. The van der Waals surface area contributed by atoms with Crippen molar-refractivity contribution < 1.29 is 14.3 Å². The van der Waals surface area contributed by atoms with Gasteiger partial charge in [0.05, 0.1) is 0 Å². The molecule has 0 amide bonds. The normalized spacial score (nSPS) is 53.0. The Morgan fingerprint density at radius 1 is 1.04 bits per heavy atom. The second-order valence-electron chi connectivity index (χ2n) is 10.1. The van der Waals surface area contributed by atoms with Crippen molar-refractivity contribution in [2.24, 2.45) is 28.6 Å². The topological polar surface area (TPSA) is 43.4 Å². The fraction of sp³-hybridized carbons (Fsp3) is 0.818. The van der Waals surface area contributed by atoms with Crippen molar-refractivity contribution in [2.75, 3.05) is 0 Å². The lowest BCUT2D eigenvalue weighted by Crippen LogP contribution is -2.57. The third-order valence-corrected chi connectivity index (χ3v) is 9.84. The van der Waals surface area contributed by atoms with Crippen molar-refractivity contribution in [1.29, 1.82) is 0 Å². The van der Waals surface area contributed by atoms with Crippen LogP contribution in [0.5, 0.6) is 0 Å². The lowest BCUT2D eigenvalue weighted by molar-refractivity contribution is -0.167. The molecule has 142 valence electrons. The smallest absolute Gasteiger partial charge is 0.306 e. The zero-order valence-corrected chi connectivity index (χ0v) is 16.8. The summed E-state index contributed by atoms with van der Waals surface area (Å²) in [6.07, 6.45) is 10.6. The van der Waals surface area contributed by atoms with Gasteiger partial charge >= 0.3 is 5.97 Å². The van der Waals surface area contributed by atoms with Crippen LogP contribution in [-0.2, 0) is 14.3 Å². The number of allylic oxidation sites excluding steroid dienone is 1. The predicted molar refractivity (Wildman–Crippen MR) is 103 cm³/mol. The maximum atomic E-state index is 12.0. The summed E-state index contributed by atoms with van der Waals surface area (Å²) in [5, 5.41) is 0.321. The van der Waals surface area contributed by atoms with E-state index < -0.39 is 0 Å². The minimum absolute atomic E-state index is 0.00282. The molecule has 0 aromatic rings. The van der Waals surface area contributed by atoms with E-state index in [4.69, 9.17) is 17.4 Å². The highest BCUT2D eigenvalue weighted by molar-refractivity contribution is 7.81. The highest BCUT2D eigenvalue weighted by Gasteiger charge is 2.68. The molecule has 1 aliphatic heterocycles. The third-order valence-electron chi connectivity index (χ3n) is 9.32. The van der Waals surface area contributed by atoms with Gasteiger partial charge in [-0.3, -0.25) is 9.59 Å². The molecule has 1 saturated heterocycles. The van der Waals surface area contributed by atoms with Crippen molar-refractivity contribution in [3.05, 3.63) is 11.6 Å². The van der Waals surface area contributed by atoms with E-state index in [2.05, 4.69) is 13.8 Å². The van der Waals surface area contributed by atoms with E-state index in [0.29, 0.717) is 41.6 Å². The van der Waals surface area contributed by atoms with E-state index in [1.54, 1.807) is 0 Å². The van der Waals surface area contributed by atoms with Crippen LogP contribution in [0, 0.1) is 28.6 Å². The lowest BCUT2D eigenvalue weighted by Gasteiger charge is -2.60. The van der Waals surface area contributed by atoms with Gasteiger partial charge in [-0.05, 0) is 74.2 Å². The summed E-state index contributed by atoms with van der Waals surface area (Å²) in [4.78, 5) is 24.0. The molecule has 0 N–H and O–H groups in total. The third kappa shape index (κ3) is 2.03. The van der Waals surface area contributed by atoms with Crippen LogP contribution in [0.3, 0.4) is 0 Å². The van der Waals surface area contributed by atoms with Gasteiger partial charge in [0.15, 0.2) is 5.78 Å². The molecule has 4 heteroatoms. The quantitative estimate of drug-likeness (QED) is 0.501. The average Bonchev–Trinajstić information content (AvgIpc) is 3.11. The lowest BCUT2D eigenvalue weighted by atomic mass is 9.46. The van der Waals surface area contributed by atoms with Crippen LogP contribution in [0.15, 0.2) is 11.6 Å². The van der Waals surface area contributed by atoms with E-state index >= 15 is 0 Å². The number of hydrogen-bond acceptors (Lipinski definition) is 4. The summed E-state index contributed by atoms with van der Waals surface area (Å²) in [6, 6.07) is 0. The Balaban J connectivity index is 1.53. The van der Waals surface area contributed by atoms with Gasteiger partial charge < -0.3 is 4.74 Å². The maximum absolute atomic E-state index is 12.0. The minimum atomic E-state index is -0.216. The molecule has 26 heavy (non-hydrogen) atoms. The first-order valence-electron chi connectivity index (χ1n) is 10.4. The molecule has 5 rings (SSSR count). The maximum Gasteiger partial charge on any atom is 0.306 e. The molecular weight excluding hydrogens is 344 g/mol. The largest absolute Gasteiger partial charge is 0.458 e. The molecule has 1 heterocycles. The van der Waals surface area contributed by atoms with Crippen LogP contribution in [-0.4, -0.2) is 22.6 Å². The fourth-order valence-corrected chi connectivity index (χ4v) is 8.44. The summed E-state index contributed by atoms with van der Waals surface area (Å²) < 4.78 is 6.02. The number of esters is 1. The number of carbonyl (C=O) groups is 2. The Morgan fingerprint density at radius 2 is 1.81 bits per heavy atom. The number of carbonyl (C=O) groups excluding carboxylic acids is 2. The molecule has 3 nitrogen and oxygen atoms in total. The van der Waals surface area contributed by atoms with E-state index in [1.165, 1.54) is 12.0 Å². The van der Waals surface area contributed by atoms with Crippen molar-refractivity contribution in [3.63, 3.8) is 0 Å². The summed E-state index contributed by atoms with van der Waals surface area (Å²) >= 11 is 5.07. The van der Waals surface area contributed by atoms with Gasteiger partial charge in [0, 0.05) is 23.5 Å². The number of fused-ring (bicyclic) bond motifs is 6. The van der Waals surface area contributed by atoms with Crippen LogP contribution >= 0.6 is 12.6 Å². The Kier molecular flexibility index (Phi) is 3.60. The van der Waals surface area contributed by atoms with E-state index in [0.717, 1.165) is 38.5 Å². The molecule has 4 fully saturated rings. The predicted octanol–water partition coefficient (Wildman–Crippen LogP) is 4.50. The molecule has 0 radical (unpaired) electrons. The van der Waals surface area contributed by atoms with Gasteiger partial charge in [0.1, 0.15) is 5.60 Å². The van der Waals surface area contributed by atoms with Crippen LogP contribution in [0.4, 0.5) is 0 Å². The Morgan fingerprint density at radius 3 is 2.54 bits per heavy atom. The SMILES string of the molecule is CC12CCC(=O)C=C1C[C@@H](S)C1C2CCC2(C)C1CCC21CCC(=O)O1. The van der Waals surface area contributed by atoms with Crippen molar-refractivity contribution in [3.8, 4) is 0 Å². The molecule has 4 aliphatic carbocycles. The van der Waals surface area contributed by atoms with E-state index in [9.17, 15) is 9.59 Å². The first-order valence-corrected chi connectivity index (χ1v) is 10.9. The Labute approximate surface area is 161 Å². The molecule has 1 spiro atoms. The van der Waals surface area contributed by atoms with Crippen LogP contribution < -0.4 is 0 Å². The minimum Gasteiger partial charge on any atom is -0.458 e. The molecule has 6 unspecified atom stereocenters. The Hall–Kier alpha value is -0.770. The standard InChI is InChI=1S/C22H30O3S/c1-20-7-3-14(23)11-13(20)12-17(26)19-15(20)4-8-21(2)16(19)5-9-22(21)10-6-18(24)25-22/h11,15-17,19,26H,3-10,12H2,1-2H3/t15?,16?,17-,19?,20?,21?,22?/m1/s1. The molecule has 3 saturated carbocycles. The number of thiol groups is 1. The monoisotopic (exact) mass is 374 g/mol. The van der Waals surface area contributed by atoms with Crippen molar-refractivity contribution in [2.45, 2.75) is 82.5 Å². The molecule has 5 aliphatic rings. The number of ketones is 1. The summed E-state index contributed by atoms with van der Waals surface area (Å²) in [5.74, 6) is 2.08. The zero-order valence-electron chi connectivity index (χ0n) is 15.9. The van der Waals surface area contributed by atoms with Gasteiger partial charge in [0.2, 0.25) is 0 Å². The van der Waals surface area contributed by atoms with Gasteiger partial charge in [0.25, 0.3) is 0 Å². The molecular formula is C22H30O3S. The van der Waals surface area contributed by atoms with Crippen LogP contribution in [0.2, 0.25) is 0 Å². The van der Waals surface area contributed by atoms with Crippen LogP contribution in [0.1, 0.15) is 71.6 Å². The molecule has 0 bridgehead atoms. The van der Waals surface area contributed by atoms with Gasteiger partial charge in [-0.25, -0.2) is 0 Å². The van der Waals surface area contributed by atoms with Crippen LogP contribution in [0.25, 0.3) is 0 Å². The average molecular weight is 375 g/mol. The second kappa shape index (κ2) is 5.40. The highest BCUT2D eigenvalue weighted by atomic mass is 32.1. The second-order valence-corrected chi connectivity index (χ2v) is 10.7. The fourth-order valence-electron chi connectivity index (χ4n) is 7.82. The van der Waals surface area contributed by atoms with Gasteiger partial charge in [-0.2, -0.15) is 12.6 Å². The number of rotatable bonds is 0. The molecule has 0 aromatic carbocycles. The molecule has 0 aromatic heterocycles. The van der Waals surface area contributed by atoms with E-state index in [1.807, 2.05) is 6.08 Å². The van der Waals surface area contributed by atoms with Crippen molar-refractivity contribution >= 4 is 24.4 Å². The van der Waals surface area contributed by atoms with E-state index in [-0.39, 0.29) is 22.4 Å². The van der Waals surface area contributed by atoms with Gasteiger partial charge in [-0.15, -0.1) is 0 Å². The first kappa shape index (κ1) is 17.3. The van der Waals surface area contributed by atoms with Crippen molar-refractivity contribution in [1.82, 2.24) is 0 Å². The summed E-state index contributed by atoms with van der Waals surface area (Å²) in [5.41, 5.74) is 1.41. The number of ether oxygens (including phenoxy) is 1. The highest BCUT2D eigenvalue weighted by Crippen LogP contribution is 2.70. The summed E-state index contributed by atoms with van der Waals surface area (Å²) in [6.45, 7) is 4.81.